The average molecular weight is 274 g/mol. The van der Waals surface area contributed by atoms with E-state index in [9.17, 15) is 4.79 Å². The van der Waals surface area contributed by atoms with Crippen molar-refractivity contribution in [2.24, 2.45) is 0 Å². The van der Waals surface area contributed by atoms with Crippen molar-refractivity contribution in [3.05, 3.63) is 35.4 Å². The summed E-state index contributed by atoms with van der Waals surface area (Å²) >= 11 is 0. The normalized spacial score (nSPS) is 18.9. The molecule has 1 saturated heterocycles. The minimum Gasteiger partial charge on any atom is -0.378 e. The molecule has 1 atom stereocenters. The Bertz CT molecular complexity index is 402. The maximum Gasteiger partial charge on any atom is 0.139 e. The fraction of sp³-hybridized carbons (Fsp3) is 0.611. The maximum absolute atomic E-state index is 12.1. The van der Waals surface area contributed by atoms with E-state index in [1.807, 2.05) is 0 Å². The number of rotatable bonds is 7. The van der Waals surface area contributed by atoms with E-state index in [1.54, 1.807) is 0 Å². The summed E-state index contributed by atoms with van der Waals surface area (Å²) in [6, 6.07) is 8.53. The Kier molecular flexibility index (Phi) is 6.25. The molecule has 1 fully saturated rings. The number of ether oxygens (including phenoxy) is 1. The smallest absolute Gasteiger partial charge is 0.139 e. The average Bonchev–Trinajstić information content (AvgIpc) is 2.47. The molecule has 0 bridgehead atoms. The maximum atomic E-state index is 12.1. The second-order valence-electron chi connectivity index (χ2n) is 5.83. The lowest BCUT2D eigenvalue weighted by atomic mass is 9.99. The van der Waals surface area contributed by atoms with Gasteiger partial charge in [-0.2, -0.15) is 0 Å². The van der Waals surface area contributed by atoms with E-state index in [4.69, 9.17) is 4.74 Å². The number of Topliss-reactive ketones (excluding diaryl/α,β-unsaturated/α-hetero) is 1. The lowest BCUT2D eigenvalue weighted by molar-refractivity contribution is -0.122. The highest BCUT2D eigenvalue weighted by atomic mass is 16.5. The van der Waals surface area contributed by atoms with Crippen molar-refractivity contribution in [2.75, 3.05) is 6.61 Å². The van der Waals surface area contributed by atoms with Crippen molar-refractivity contribution in [1.82, 2.24) is 0 Å². The number of unbranched alkanes of at least 4 members (excludes halogenated alkanes) is 1. The molecule has 1 aliphatic heterocycles. The molecule has 0 saturated carbocycles. The number of hydrogen-bond acceptors (Lipinski definition) is 2. The van der Waals surface area contributed by atoms with Gasteiger partial charge in [0.2, 0.25) is 0 Å². The second-order valence-corrected chi connectivity index (χ2v) is 5.83. The molecule has 2 heteroatoms. The number of aryl methyl sites for hydroxylation is 1. The van der Waals surface area contributed by atoms with Gasteiger partial charge in [0.15, 0.2) is 0 Å². The Morgan fingerprint density at radius 1 is 1.20 bits per heavy atom. The van der Waals surface area contributed by atoms with Gasteiger partial charge in [0.1, 0.15) is 5.78 Å². The van der Waals surface area contributed by atoms with Gasteiger partial charge in [-0.3, -0.25) is 4.79 Å². The van der Waals surface area contributed by atoms with Crippen LogP contribution in [0.5, 0.6) is 0 Å². The van der Waals surface area contributed by atoms with Crippen LogP contribution in [0.25, 0.3) is 0 Å². The molecule has 0 aliphatic carbocycles. The highest BCUT2D eigenvalue weighted by Crippen LogP contribution is 2.17. The van der Waals surface area contributed by atoms with Crippen molar-refractivity contribution in [2.45, 2.75) is 64.4 Å². The van der Waals surface area contributed by atoms with Crippen molar-refractivity contribution in [3.8, 4) is 0 Å². The monoisotopic (exact) mass is 274 g/mol. The molecule has 0 N–H and O–H groups in total. The molecule has 0 spiro atoms. The number of hydrogen-bond donors (Lipinski definition) is 0. The number of ketones is 1. The first-order valence-electron chi connectivity index (χ1n) is 7.99. The SMILES string of the molecule is CCCCc1ccc(CC(=O)CC2CCCCO2)cc1. The number of carbonyl (C=O) groups is 1. The van der Waals surface area contributed by atoms with E-state index in [-0.39, 0.29) is 6.10 Å². The molecule has 2 nitrogen and oxygen atoms in total. The Labute approximate surface area is 122 Å². The zero-order valence-corrected chi connectivity index (χ0v) is 12.6. The van der Waals surface area contributed by atoms with Gasteiger partial charge < -0.3 is 4.74 Å². The fourth-order valence-corrected chi connectivity index (χ4v) is 2.73. The van der Waals surface area contributed by atoms with Crippen LogP contribution >= 0.6 is 0 Å². The summed E-state index contributed by atoms with van der Waals surface area (Å²) in [6.07, 6.45) is 8.28. The van der Waals surface area contributed by atoms with Gasteiger partial charge in [0, 0.05) is 19.4 Å². The standard InChI is InChI=1S/C18H26O2/c1-2-3-6-15-8-10-16(11-9-15)13-17(19)14-18-7-4-5-12-20-18/h8-11,18H,2-7,12-14H2,1H3. The molecule has 20 heavy (non-hydrogen) atoms. The largest absolute Gasteiger partial charge is 0.378 e. The van der Waals surface area contributed by atoms with Gasteiger partial charge in [-0.15, -0.1) is 0 Å². The van der Waals surface area contributed by atoms with E-state index in [0.717, 1.165) is 31.4 Å². The first-order valence-corrected chi connectivity index (χ1v) is 7.99. The van der Waals surface area contributed by atoms with Crippen molar-refractivity contribution >= 4 is 5.78 Å². The molecule has 1 aromatic rings. The number of benzene rings is 1. The molecule has 0 amide bonds. The molecule has 0 radical (unpaired) electrons. The second kappa shape index (κ2) is 8.21. The third-order valence-electron chi connectivity index (χ3n) is 3.97. The van der Waals surface area contributed by atoms with Gasteiger partial charge in [0.05, 0.1) is 6.10 Å². The molecule has 110 valence electrons. The molecule has 2 rings (SSSR count). The molecule has 1 aliphatic rings. The Balaban J connectivity index is 1.78. The van der Waals surface area contributed by atoms with E-state index in [2.05, 4.69) is 31.2 Å². The summed E-state index contributed by atoms with van der Waals surface area (Å²) in [5.74, 6) is 0.304. The van der Waals surface area contributed by atoms with Crippen molar-refractivity contribution in [1.29, 1.82) is 0 Å². The molecule has 0 aromatic heterocycles. The first-order chi connectivity index (χ1) is 9.78. The van der Waals surface area contributed by atoms with Crippen LogP contribution in [0.4, 0.5) is 0 Å². The summed E-state index contributed by atoms with van der Waals surface area (Å²) < 4.78 is 5.63. The molecule has 1 unspecified atom stereocenters. The van der Waals surface area contributed by atoms with Gasteiger partial charge in [-0.25, -0.2) is 0 Å². The fourth-order valence-electron chi connectivity index (χ4n) is 2.73. The molecule has 1 aromatic carbocycles. The summed E-state index contributed by atoms with van der Waals surface area (Å²) in [4.78, 5) is 12.1. The van der Waals surface area contributed by atoms with Gasteiger partial charge in [-0.05, 0) is 43.2 Å². The van der Waals surface area contributed by atoms with Crippen molar-refractivity contribution < 1.29 is 9.53 Å². The van der Waals surface area contributed by atoms with Crippen LogP contribution in [0.3, 0.4) is 0 Å². The molecule has 1 heterocycles. The zero-order chi connectivity index (χ0) is 14.2. The Morgan fingerprint density at radius 2 is 1.95 bits per heavy atom. The van der Waals surface area contributed by atoms with Crippen LogP contribution < -0.4 is 0 Å². The number of carbonyl (C=O) groups excluding carboxylic acids is 1. The van der Waals surface area contributed by atoms with Crippen LogP contribution in [0, 0.1) is 0 Å². The van der Waals surface area contributed by atoms with E-state index >= 15 is 0 Å². The quantitative estimate of drug-likeness (QED) is 0.748. The lowest BCUT2D eigenvalue weighted by Crippen LogP contribution is -2.23. The molecular weight excluding hydrogens is 248 g/mol. The highest BCUT2D eigenvalue weighted by Gasteiger charge is 2.17. The highest BCUT2D eigenvalue weighted by molar-refractivity contribution is 5.81. The Hall–Kier alpha value is -1.15. The minimum atomic E-state index is 0.167. The van der Waals surface area contributed by atoms with Crippen LogP contribution in [-0.4, -0.2) is 18.5 Å². The van der Waals surface area contributed by atoms with Gasteiger partial charge in [0.25, 0.3) is 0 Å². The summed E-state index contributed by atoms with van der Waals surface area (Å²) in [6.45, 7) is 3.03. The van der Waals surface area contributed by atoms with Crippen LogP contribution in [0.2, 0.25) is 0 Å². The van der Waals surface area contributed by atoms with Gasteiger partial charge in [-0.1, -0.05) is 37.6 Å². The van der Waals surface area contributed by atoms with E-state index < -0.39 is 0 Å². The van der Waals surface area contributed by atoms with Gasteiger partial charge >= 0.3 is 0 Å². The predicted octanol–water partition coefficient (Wildman–Crippen LogP) is 4.10. The van der Waals surface area contributed by atoms with Crippen LogP contribution in [-0.2, 0) is 22.4 Å². The summed E-state index contributed by atoms with van der Waals surface area (Å²) in [7, 11) is 0. The Morgan fingerprint density at radius 3 is 2.60 bits per heavy atom. The topological polar surface area (TPSA) is 26.3 Å². The minimum absolute atomic E-state index is 0.167. The zero-order valence-electron chi connectivity index (χ0n) is 12.6. The lowest BCUT2D eigenvalue weighted by Gasteiger charge is -2.21. The predicted molar refractivity (Wildman–Crippen MR) is 82.0 cm³/mol. The van der Waals surface area contributed by atoms with E-state index in [1.165, 1.54) is 24.8 Å². The van der Waals surface area contributed by atoms with E-state index in [0.29, 0.717) is 18.6 Å². The summed E-state index contributed by atoms with van der Waals surface area (Å²) in [5.41, 5.74) is 2.50. The third-order valence-corrected chi connectivity index (χ3v) is 3.97. The van der Waals surface area contributed by atoms with Crippen molar-refractivity contribution in [3.63, 3.8) is 0 Å². The third kappa shape index (κ3) is 5.09. The molecular formula is C18H26O2. The first kappa shape index (κ1) is 15.2. The summed E-state index contributed by atoms with van der Waals surface area (Å²) in [5, 5.41) is 0. The van der Waals surface area contributed by atoms with Crippen LogP contribution in [0.15, 0.2) is 24.3 Å². The van der Waals surface area contributed by atoms with Crippen LogP contribution in [0.1, 0.15) is 56.6 Å².